The number of halogens is 1. The van der Waals surface area contributed by atoms with E-state index in [2.05, 4.69) is 4.74 Å². The summed E-state index contributed by atoms with van der Waals surface area (Å²) in [4.78, 5) is 29.8. The Labute approximate surface area is 124 Å². The summed E-state index contributed by atoms with van der Waals surface area (Å²) < 4.78 is 30.0. The number of rotatable bonds is 5. The first-order valence-corrected chi connectivity index (χ1v) is 8.36. The molecule has 0 saturated carbocycles. The molecule has 9 heteroatoms. The predicted molar refractivity (Wildman–Crippen MR) is 72.0 cm³/mol. The van der Waals surface area contributed by atoms with Gasteiger partial charge in [-0.2, -0.15) is 5.06 Å². The predicted octanol–water partition coefficient (Wildman–Crippen LogP) is 0.770. The molecule has 2 heterocycles. The molecule has 0 spiro atoms. The standard InChI is InChI=1S/C12H19FN2O5S/c1-7(2)19-11(16)10(13)20-15-8-4-5-9(21(3)18)14(6-8)12(15)17/h7-10H,4-6H2,1-3H3/t8-,9-,10+,21-/m1/s1. The normalized spacial score (nSPS) is 28.0. The van der Waals surface area contributed by atoms with Gasteiger partial charge in [-0.15, -0.1) is 0 Å². The van der Waals surface area contributed by atoms with Crippen molar-refractivity contribution in [2.75, 3.05) is 12.8 Å². The van der Waals surface area contributed by atoms with Gasteiger partial charge in [0.2, 0.25) is 0 Å². The fourth-order valence-corrected chi connectivity index (χ4v) is 3.51. The number of esters is 1. The highest BCUT2D eigenvalue weighted by atomic mass is 32.2. The van der Waals surface area contributed by atoms with Crippen LogP contribution in [0.3, 0.4) is 0 Å². The molecule has 0 unspecified atom stereocenters. The molecular formula is C12H19FN2O5S. The SMILES string of the molecule is CC(C)OC(=O)[C@@H](F)ON1C(=O)N2C[C@H]1CC[C@H]2[S@@](C)=O. The van der Waals surface area contributed by atoms with E-state index in [1.54, 1.807) is 13.8 Å². The number of hydrogen-bond acceptors (Lipinski definition) is 5. The second-order valence-corrected chi connectivity index (χ2v) is 6.89. The Hall–Kier alpha value is -1.22. The first-order valence-electron chi connectivity index (χ1n) is 6.74. The van der Waals surface area contributed by atoms with E-state index in [1.165, 1.54) is 11.2 Å². The van der Waals surface area contributed by atoms with Crippen molar-refractivity contribution in [2.24, 2.45) is 0 Å². The van der Waals surface area contributed by atoms with E-state index in [4.69, 9.17) is 4.84 Å². The molecule has 4 atom stereocenters. The van der Waals surface area contributed by atoms with Crippen LogP contribution in [-0.2, 0) is 25.2 Å². The molecule has 0 N–H and O–H groups in total. The van der Waals surface area contributed by atoms with Crippen molar-refractivity contribution < 1.29 is 27.8 Å². The average Bonchev–Trinajstić information content (AvgIpc) is 2.62. The molecule has 7 nitrogen and oxygen atoms in total. The van der Waals surface area contributed by atoms with E-state index < -0.39 is 35.3 Å². The van der Waals surface area contributed by atoms with Crippen LogP contribution in [0.5, 0.6) is 0 Å². The van der Waals surface area contributed by atoms with Crippen LogP contribution in [0.25, 0.3) is 0 Å². The van der Waals surface area contributed by atoms with Gasteiger partial charge in [0.25, 0.3) is 0 Å². The monoisotopic (exact) mass is 322 g/mol. The number of ether oxygens (including phenoxy) is 1. The molecule has 2 bridgehead atoms. The van der Waals surface area contributed by atoms with Crippen molar-refractivity contribution in [1.29, 1.82) is 0 Å². The Morgan fingerprint density at radius 2 is 2.10 bits per heavy atom. The molecule has 21 heavy (non-hydrogen) atoms. The zero-order valence-electron chi connectivity index (χ0n) is 12.2. The van der Waals surface area contributed by atoms with Crippen molar-refractivity contribution in [3.8, 4) is 0 Å². The third-order valence-corrected chi connectivity index (χ3v) is 4.65. The first-order chi connectivity index (χ1) is 9.81. The third-order valence-electron chi connectivity index (χ3n) is 3.39. The highest BCUT2D eigenvalue weighted by Crippen LogP contribution is 2.31. The topological polar surface area (TPSA) is 76.2 Å². The Kier molecular flexibility index (Phi) is 4.82. The lowest BCUT2D eigenvalue weighted by molar-refractivity contribution is -0.229. The van der Waals surface area contributed by atoms with Crippen LogP contribution in [0.4, 0.5) is 9.18 Å². The summed E-state index contributed by atoms with van der Waals surface area (Å²) >= 11 is 0. The fraction of sp³-hybridized carbons (Fsp3) is 0.833. The maximum Gasteiger partial charge on any atom is 0.371 e. The number of carbonyl (C=O) groups excluding carboxylic acids is 2. The minimum atomic E-state index is -2.34. The minimum Gasteiger partial charge on any atom is -0.459 e. The maximum atomic E-state index is 13.7. The van der Waals surface area contributed by atoms with E-state index in [-0.39, 0.29) is 11.4 Å². The number of alkyl halides is 1. The first kappa shape index (κ1) is 16.2. The number of nitrogens with zero attached hydrogens (tertiary/aromatic N) is 2. The number of urea groups is 1. The molecule has 0 radical (unpaired) electrons. The van der Waals surface area contributed by atoms with E-state index in [0.717, 1.165) is 5.06 Å². The van der Waals surface area contributed by atoms with E-state index in [0.29, 0.717) is 19.4 Å². The van der Waals surface area contributed by atoms with Crippen LogP contribution in [0.15, 0.2) is 0 Å². The van der Waals surface area contributed by atoms with Crippen molar-refractivity contribution in [3.63, 3.8) is 0 Å². The molecular weight excluding hydrogens is 303 g/mol. The van der Waals surface area contributed by atoms with Gasteiger partial charge in [0.15, 0.2) is 0 Å². The van der Waals surface area contributed by atoms with Gasteiger partial charge in [-0.05, 0) is 26.7 Å². The highest BCUT2D eigenvalue weighted by Gasteiger charge is 2.48. The smallest absolute Gasteiger partial charge is 0.371 e. The largest absolute Gasteiger partial charge is 0.459 e. The number of amides is 2. The van der Waals surface area contributed by atoms with Gasteiger partial charge in [-0.1, -0.05) is 0 Å². The Balaban J connectivity index is 2.01. The number of hydroxylamine groups is 2. The Morgan fingerprint density at radius 3 is 2.67 bits per heavy atom. The summed E-state index contributed by atoms with van der Waals surface area (Å²) in [6, 6.07) is -0.889. The lowest BCUT2D eigenvalue weighted by Gasteiger charge is -2.28. The zero-order chi connectivity index (χ0) is 15.7. The van der Waals surface area contributed by atoms with Gasteiger partial charge in [0.1, 0.15) is 5.37 Å². The summed E-state index contributed by atoms with van der Waals surface area (Å²) in [5, 5.41) is 0.488. The molecule has 2 aliphatic rings. The molecule has 0 aromatic rings. The van der Waals surface area contributed by atoms with Gasteiger partial charge in [-0.25, -0.2) is 18.8 Å². The van der Waals surface area contributed by atoms with Crippen molar-refractivity contribution >= 4 is 22.8 Å². The second kappa shape index (κ2) is 6.27. The molecule has 2 saturated heterocycles. The molecule has 2 amide bonds. The van der Waals surface area contributed by atoms with Crippen LogP contribution in [0, 0.1) is 0 Å². The average molecular weight is 322 g/mol. The van der Waals surface area contributed by atoms with Crippen LogP contribution < -0.4 is 0 Å². The van der Waals surface area contributed by atoms with Crippen molar-refractivity contribution in [2.45, 2.75) is 50.6 Å². The molecule has 2 fully saturated rings. The lowest BCUT2D eigenvalue weighted by atomic mass is 10.1. The molecule has 0 aromatic carbocycles. The van der Waals surface area contributed by atoms with Crippen molar-refractivity contribution in [3.05, 3.63) is 0 Å². The van der Waals surface area contributed by atoms with Gasteiger partial charge in [0, 0.05) is 23.6 Å². The summed E-state index contributed by atoms with van der Waals surface area (Å²) in [6.45, 7) is 3.51. The molecule has 0 aliphatic carbocycles. The van der Waals surface area contributed by atoms with Gasteiger partial charge >= 0.3 is 18.4 Å². The van der Waals surface area contributed by atoms with Crippen LogP contribution in [-0.4, -0.2) is 62.9 Å². The lowest BCUT2D eigenvalue weighted by Crippen LogP contribution is -2.42. The fourth-order valence-electron chi connectivity index (χ4n) is 2.51. The van der Waals surface area contributed by atoms with E-state index >= 15 is 0 Å². The number of carbonyl (C=O) groups is 2. The van der Waals surface area contributed by atoms with Gasteiger partial charge in [-0.3, -0.25) is 4.21 Å². The van der Waals surface area contributed by atoms with Gasteiger partial charge in [0.05, 0.1) is 12.1 Å². The Morgan fingerprint density at radius 1 is 1.43 bits per heavy atom. The summed E-state index contributed by atoms with van der Waals surface area (Å²) in [6.07, 6.45) is -0.170. The van der Waals surface area contributed by atoms with Crippen molar-refractivity contribution in [1.82, 2.24) is 9.96 Å². The van der Waals surface area contributed by atoms with Crippen LogP contribution in [0.2, 0.25) is 0 Å². The number of hydrogen-bond donors (Lipinski definition) is 0. The second-order valence-electron chi connectivity index (χ2n) is 5.35. The van der Waals surface area contributed by atoms with Crippen LogP contribution in [0.1, 0.15) is 26.7 Å². The quantitative estimate of drug-likeness (QED) is 0.699. The molecule has 0 aromatic heterocycles. The van der Waals surface area contributed by atoms with E-state index in [1.807, 2.05) is 0 Å². The molecule has 2 rings (SSSR count). The van der Waals surface area contributed by atoms with Crippen LogP contribution >= 0.6 is 0 Å². The third kappa shape index (κ3) is 3.34. The molecule has 120 valence electrons. The number of piperidine rings is 1. The van der Waals surface area contributed by atoms with E-state index in [9.17, 15) is 18.2 Å². The minimum absolute atomic E-state index is 0.328. The summed E-state index contributed by atoms with van der Waals surface area (Å²) in [5.74, 6) is -1.16. The maximum absolute atomic E-state index is 13.7. The Bertz CT molecular complexity index is 461. The summed E-state index contributed by atoms with van der Waals surface area (Å²) in [5.41, 5.74) is 0. The zero-order valence-corrected chi connectivity index (χ0v) is 13.0. The number of fused-ring (bicyclic) bond motifs is 2. The highest BCUT2D eigenvalue weighted by molar-refractivity contribution is 7.84. The van der Waals surface area contributed by atoms with Gasteiger partial charge < -0.3 is 9.64 Å². The molecule has 2 aliphatic heterocycles. The summed E-state index contributed by atoms with van der Waals surface area (Å²) in [7, 11) is -1.18.